The topological polar surface area (TPSA) is 93.4 Å². The monoisotopic (exact) mass is 409 g/mol. The zero-order valence-electron chi connectivity index (χ0n) is 14.2. The Balaban J connectivity index is 2.14. The van der Waals surface area contributed by atoms with Crippen molar-refractivity contribution < 1.29 is 26.4 Å². The molecular formula is C18H14F3N3O3S. The zero-order chi connectivity index (χ0) is 20.5. The number of alkyl halides is 3. The molecule has 10 heteroatoms. The molecule has 0 aliphatic carbocycles. The van der Waals surface area contributed by atoms with Crippen LogP contribution >= 0.6 is 0 Å². The summed E-state index contributed by atoms with van der Waals surface area (Å²) in [6, 6.07) is 11.2. The molecule has 3 rings (SSSR count). The first-order valence-electron chi connectivity index (χ1n) is 7.93. The molecule has 3 aromatic rings. The van der Waals surface area contributed by atoms with Crippen LogP contribution in [0.4, 0.5) is 18.9 Å². The van der Waals surface area contributed by atoms with Crippen LogP contribution in [-0.4, -0.2) is 25.9 Å². The quantitative estimate of drug-likeness (QED) is 0.701. The number of carbonyl (C=O) groups is 1. The molecule has 0 aliphatic rings. The number of anilines is 1. The Morgan fingerprint density at radius 1 is 1.04 bits per heavy atom. The molecule has 0 fully saturated rings. The van der Waals surface area contributed by atoms with E-state index in [0.29, 0.717) is 9.69 Å². The van der Waals surface area contributed by atoms with E-state index in [0.717, 1.165) is 24.3 Å². The van der Waals surface area contributed by atoms with Gasteiger partial charge in [0, 0.05) is 11.6 Å². The summed E-state index contributed by atoms with van der Waals surface area (Å²) in [7, 11) is -4.34. The van der Waals surface area contributed by atoms with Gasteiger partial charge in [0.25, 0.3) is 10.0 Å². The standard InChI is InChI=1S/C18H14F3N3O3S/c19-18(20,21)13-6-8-14(9-7-13)24(11-16(22)25)28(26,27)15-5-1-3-12-4-2-10-23-17(12)15/h1-10H,11H2,(H2,22,25). The van der Waals surface area contributed by atoms with Crippen LogP contribution in [0, 0.1) is 0 Å². The summed E-state index contributed by atoms with van der Waals surface area (Å²) in [6.45, 7) is -0.739. The van der Waals surface area contributed by atoms with Gasteiger partial charge < -0.3 is 5.73 Å². The van der Waals surface area contributed by atoms with E-state index in [2.05, 4.69) is 4.98 Å². The van der Waals surface area contributed by atoms with Crippen molar-refractivity contribution in [3.05, 3.63) is 66.4 Å². The van der Waals surface area contributed by atoms with Crippen LogP contribution in [0.1, 0.15) is 5.56 Å². The van der Waals surface area contributed by atoms with E-state index in [-0.39, 0.29) is 16.1 Å². The van der Waals surface area contributed by atoms with Crippen LogP contribution in [0.2, 0.25) is 0 Å². The number of carbonyl (C=O) groups excluding carboxylic acids is 1. The normalized spacial score (nSPS) is 12.1. The molecule has 28 heavy (non-hydrogen) atoms. The van der Waals surface area contributed by atoms with Crippen molar-refractivity contribution in [2.45, 2.75) is 11.1 Å². The molecule has 0 spiro atoms. The van der Waals surface area contributed by atoms with E-state index in [1.807, 2.05) is 0 Å². The van der Waals surface area contributed by atoms with E-state index >= 15 is 0 Å². The van der Waals surface area contributed by atoms with E-state index in [9.17, 15) is 26.4 Å². The number of sulfonamides is 1. The molecule has 1 heterocycles. The average molecular weight is 409 g/mol. The van der Waals surface area contributed by atoms with Crippen LogP contribution in [0.25, 0.3) is 10.9 Å². The predicted octanol–water partition coefficient (Wildman–Crippen LogP) is 2.93. The highest BCUT2D eigenvalue weighted by Crippen LogP contribution is 2.32. The summed E-state index contributed by atoms with van der Waals surface area (Å²) >= 11 is 0. The van der Waals surface area contributed by atoms with Crippen LogP contribution in [0.15, 0.2) is 65.7 Å². The van der Waals surface area contributed by atoms with Crippen molar-refractivity contribution in [1.29, 1.82) is 0 Å². The number of pyridine rings is 1. The van der Waals surface area contributed by atoms with E-state index in [1.54, 1.807) is 18.2 Å². The number of rotatable bonds is 5. The lowest BCUT2D eigenvalue weighted by Gasteiger charge is -2.24. The van der Waals surface area contributed by atoms with Gasteiger partial charge in [0.2, 0.25) is 5.91 Å². The van der Waals surface area contributed by atoms with Gasteiger partial charge in [-0.1, -0.05) is 18.2 Å². The van der Waals surface area contributed by atoms with Gasteiger partial charge in [0.15, 0.2) is 0 Å². The van der Waals surface area contributed by atoms with Crippen molar-refractivity contribution in [2.75, 3.05) is 10.8 Å². The summed E-state index contributed by atoms with van der Waals surface area (Å²) in [5.74, 6) is -0.961. The minimum Gasteiger partial charge on any atom is -0.368 e. The highest BCUT2D eigenvalue weighted by atomic mass is 32.2. The number of benzene rings is 2. The number of para-hydroxylation sites is 1. The van der Waals surface area contributed by atoms with Gasteiger partial charge in [-0.15, -0.1) is 0 Å². The van der Waals surface area contributed by atoms with Crippen molar-refractivity contribution >= 4 is 32.5 Å². The van der Waals surface area contributed by atoms with Crippen LogP contribution in [0.5, 0.6) is 0 Å². The van der Waals surface area contributed by atoms with Gasteiger partial charge in [-0.05, 0) is 36.4 Å². The molecule has 1 aromatic heterocycles. The van der Waals surface area contributed by atoms with Crippen LogP contribution in [-0.2, 0) is 21.0 Å². The van der Waals surface area contributed by atoms with Crippen LogP contribution in [0.3, 0.4) is 0 Å². The lowest BCUT2D eigenvalue weighted by atomic mass is 10.2. The Kier molecular flexibility index (Phi) is 4.99. The number of hydrogen-bond acceptors (Lipinski definition) is 4. The number of halogens is 3. The van der Waals surface area contributed by atoms with Gasteiger partial charge in [0.05, 0.1) is 16.8 Å². The number of amides is 1. The lowest BCUT2D eigenvalue weighted by molar-refractivity contribution is -0.137. The molecule has 0 aliphatic heterocycles. The van der Waals surface area contributed by atoms with Gasteiger partial charge in [-0.25, -0.2) is 8.42 Å². The second-order valence-corrected chi connectivity index (χ2v) is 7.68. The molecule has 2 N–H and O–H groups in total. The highest BCUT2D eigenvalue weighted by Gasteiger charge is 2.32. The Morgan fingerprint density at radius 3 is 2.29 bits per heavy atom. The van der Waals surface area contributed by atoms with Gasteiger partial charge >= 0.3 is 6.18 Å². The fourth-order valence-electron chi connectivity index (χ4n) is 2.68. The predicted molar refractivity (Wildman–Crippen MR) is 96.9 cm³/mol. The minimum atomic E-state index is -4.58. The zero-order valence-corrected chi connectivity index (χ0v) is 15.0. The summed E-state index contributed by atoms with van der Waals surface area (Å²) < 4.78 is 65.5. The maximum absolute atomic E-state index is 13.2. The Labute approximate surface area is 158 Å². The largest absolute Gasteiger partial charge is 0.416 e. The van der Waals surface area contributed by atoms with Crippen molar-refractivity contribution in [3.63, 3.8) is 0 Å². The first kappa shape index (κ1) is 19.6. The van der Waals surface area contributed by atoms with E-state index in [4.69, 9.17) is 5.73 Å². The van der Waals surface area contributed by atoms with Crippen molar-refractivity contribution in [1.82, 2.24) is 4.98 Å². The third-order valence-corrected chi connectivity index (χ3v) is 5.75. The van der Waals surface area contributed by atoms with E-state index in [1.165, 1.54) is 18.3 Å². The maximum atomic E-state index is 13.2. The van der Waals surface area contributed by atoms with Gasteiger partial charge in [-0.2, -0.15) is 13.2 Å². The first-order valence-corrected chi connectivity index (χ1v) is 9.37. The van der Waals surface area contributed by atoms with Crippen molar-refractivity contribution in [2.24, 2.45) is 5.73 Å². The molecule has 0 saturated heterocycles. The molecule has 0 bridgehead atoms. The Hall–Kier alpha value is -3.14. The number of fused-ring (bicyclic) bond motifs is 1. The Bertz CT molecular complexity index is 1120. The third kappa shape index (κ3) is 3.77. The minimum absolute atomic E-state index is 0.125. The summed E-state index contributed by atoms with van der Waals surface area (Å²) in [5, 5.41) is 0.551. The fourth-order valence-corrected chi connectivity index (χ4v) is 4.28. The second kappa shape index (κ2) is 7.12. The lowest BCUT2D eigenvalue weighted by Crippen LogP contribution is -2.38. The maximum Gasteiger partial charge on any atom is 0.416 e. The smallest absolute Gasteiger partial charge is 0.368 e. The van der Waals surface area contributed by atoms with Gasteiger partial charge in [-0.3, -0.25) is 14.1 Å². The fraction of sp³-hybridized carbons (Fsp3) is 0.111. The Morgan fingerprint density at radius 2 is 1.68 bits per heavy atom. The molecule has 146 valence electrons. The number of nitrogens with zero attached hydrogens (tertiary/aromatic N) is 2. The van der Waals surface area contributed by atoms with Crippen molar-refractivity contribution in [3.8, 4) is 0 Å². The average Bonchev–Trinajstić information content (AvgIpc) is 2.65. The molecule has 1 amide bonds. The number of nitrogens with two attached hydrogens (primary N) is 1. The third-order valence-electron chi connectivity index (χ3n) is 3.95. The number of aromatic nitrogens is 1. The molecular weight excluding hydrogens is 395 g/mol. The van der Waals surface area contributed by atoms with Crippen LogP contribution < -0.4 is 10.0 Å². The summed E-state index contributed by atoms with van der Waals surface area (Å²) in [6.07, 6.45) is -3.16. The first-order chi connectivity index (χ1) is 13.1. The summed E-state index contributed by atoms with van der Waals surface area (Å²) in [4.78, 5) is 15.4. The molecule has 6 nitrogen and oxygen atoms in total. The molecule has 0 unspecified atom stereocenters. The molecule has 0 atom stereocenters. The molecule has 0 radical (unpaired) electrons. The highest BCUT2D eigenvalue weighted by molar-refractivity contribution is 7.93. The van der Waals surface area contributed by atoms with Gasteiger partial charge in [0.1, 0.15) is 11.4 Å². The van der Waals surface area contributed by atoms with E-state index < -0.39 is 34.2 Å². The summed E-state index contributed by atoms with van der Waals surface area (Å²) in [5.41, 5.74) is 4.28. The number of primary amides is 1. The molecule has 0 saturated carbocycles. The number of hydrogen-bond donors (Lipinski definition) is 1. The molecule has 2 aromatic carbocycles. The SMILES string of the molecule is NC(=O)CN(c1ccc(C(F)(F)F)cc1)S(=O)(=O)c1cccc2cccnc12. The second-order valence-electron chi connectivity index (χ2n) is 5.85.